The third-order valence-electron chi connectivity index (χ3n) is 5.46. The number of carbonyl (C=O) groups is 1. The van der Waals surface area contributed by atoms with E-state index in [0.29, 0.717) is 42.3 Å². The molecule has 0 radical (unpaired) electrons. The largest absolute Gasteiger partial charge is 0.448 e. The highest BCUT2D eigenvalue weighted by Gasteiger charge is 2.23. The highest BCUT2D eigenvalue weighted by Crippen LogP contribution is 2.24. The Morgan fingerprint density at radius 3 is 2.67 bits per heavy atom. The summed E-state index contributed by atoms with van der Waals surface area (Å²) in [6.45, 7) is 2.53. The molecule has 0 atom stereocenters. The van der Waals surface area contributed by atoms with Crippen LogP contribution in [0.25, 0.3) is 22.1 Å². The first-order valence-electron chi connectivity index (χ1n) is 9.75. The number of piperazine rings is 1. The Morgan fingerprint density at radius 2 is 1.87 bits per heavy atom. The van der Waals surface area contributed by atoms with Gasteiger partial charge in [-0.3, -0.25) is 14.2 Å². The quantitative estimate of drug-likeness (QED) is 0.507. The van der Waals surface area contributed by atoms with Gasteiger partial charge in [0.1, 0.15) is 17.6 Å². The molecule has 1 saturated heterocycles. The summed E-state index contributed by atoms with van der Waals surface area (Å²) in [5.41, 5.74) is 2.01. The Kier molecular flexibility index (Phi) is 4.67. The lowest BCUT2D eigenvalue weighted by Gasteiger charge is -2.36. The second kappa shape index (κ2) is 7.50. The zero-order valence-corrected chi connectivity index (χ0v) is 16.9. The molecule has 152 valence electrons. The molecule has 8 heteroatoms. The Hall–Kier alpha value is -3.32. The molecule has 0 bridgehead atoms. The number of fused-ring (bicyclic) bond motifs is 3. The maximum atomic E-state index is 12.8. The first-order chi connectivity index (χ1) is 14.6. The van der Waals surface area contributed by atoms with Crippen LogP contribution in [0.5, 0.6) is 0 Å². The minimum atomic E-state index is -0.345. The van der Waals surface area contributed by atoms with Crippen molar-refractivity contribution in [3.8, 4) is 0 Å². The number of para-hydroxylation sites is 1. The van der Waals surface area contributed by atoms with Crippen molar-refractivity contribution in [2.24, 2.45) is 0 Å². The molecule has 3 heterocycles. The van der Waals surface area contributed by atoms with E-state index < -0.39 is 0 Å². The van der Waals surface area contributed by atoms with Crippen LogP contribution in [0.1, 0.15) is 0 Å². The number of aromatic nitrogens is 2. The number of hydrogen-bond acceptors (Lipinski definition) is 5. The van der Waals surface area contributed by atoms with Crippen LogP contribution in [-0.4, -0.2) is 46.5 Å². The smallest absolute Gasteiger partial charge is 0.297 e. The van der Waals surface area contributed by atoms with Gasteiger partial charge in [-0.25, -0.2) is 4.98 Å². The highest BCUT2D eigenvalue weighted by molar-refractivity contribution is 6.30. The van der Waals surface area contributed by atoms with Crippen molar-refractivity contribution in [1.29, 1.82) is 0 Å². The molecular formula is C22H19ClN4O3. The summed E-state index contributed by atoms with van der Waals surface area (Å²) in [7, 11) is 0. The highest BCUT2D eigenvalue weighted by atomic mass is 35.5. The Bertz CT molecular complexity index is 1300. The molecule has 2 aromatic heterocycles. The van der Waals surface area contributed by atoms with Crippen molar-refractivity contribution < 1.29 is 9.21 Å². The topological polar surface area (TPSA) is 71.6 Å². The monoisotopic (exact) mass is 422 g/mol. The van der Waals surface area contributed by atoms with Crippen LogP contribution < -0.4 is 10.5 Å². The standard InChI is InChI=1S/C22H19ClN4O3/c23-15-4-3-5-16(12-15)25-8-10-26(11-9-25)19(28)13-27-14-24-20-17-6-1-2-7-18(17)30-21(20)22(27)29/h1-7,12,14H,8-11,13H2. The predicted molar refractivity (Wildman–Crippen MR) is 116 cm³/mol. The molecule has 1 fully saturated rings. The third kappa shape index (κ3) is 3.31. The summed E-state index contributed by atoms with van der Waals surface area (Å²) in [5.74, 6) is -0.111. The van der Waals surface area contributed by atoms with E-state index in [-0.39, 0.29) is 23.6 Å². The summed E-state index contributed by atoms with van der Waals surface area (Å²) >= 11 is 6.08. The number of amides is 1. The molecule has 0 spiro atoms. The fourth-order valence-electron chi connectivity index (χ4n) is 3.86. The molecule has 4 aromatic rings. The fourth-order valence-corrected chi connectivity index (χ4v) is 4.05. The number of anilines is 1. The molecule has 0 N–H and O–H groups in total. The van der Waals surface area contributed by atoms with Crippen molar-refractivity contribution >= 4 is 45.3 Å². The lowest BCUT2D eigenvalue weighted by molar-refractivity contribution is -0.132. The molecule has 7 nitrogen and oxygen atoms in total. The number of nitrogens with zero attached hydrogens (tertiary/aromatic N) is 4. The number of benzene rings is 2. The van der Waals surface area contributed by atoms with Crippen LogP contribution in [-0.2, 0) is 11.3 Å². The Balaban J connectivity index is 1.31. The van der Waals surface area contributed by atoms with E-state index >= 15 is 0 Å². The molecule has 1 aliphatic heterocycles. The van der Waals surface area contributed by atoms with Crippen molar-refractivity contribution in [3.05, 3.63) is 70.2 Å². The normalized spacial score (nSPS) is 14.6. The van der Waals surface area contributed by atoms with Crippen LogP contribution >= 0.6 is 11.6 Å². The van der Waals surface area contributed by atoms with Gasteiger partial charge in [-0.1, -0.05) is 29.8 Å². The van der Waals surface area contributed by atoms with Gasteiger partial charge < -0.3 is 14.2 Å². The average Bonchev–Trinajstić information content (AvgIpc) is 3.15. The molecule has 0 aliphatic carbocycles. The zero-order valence-electron chi connectivity index (χ0n) is 16.1. The van der Waals surface area contributed by atoms with Crippen molar-refractivity contribution in [2.45, 2.75) is 6.54 Å². The van der Waals surface area contributed by atoms with Gasteiger partial charge in [0.15, 0.2) is 0 Å². The molecule has 0 saturated carbocycles. The molecule has 1 aliphatic rings. The minimum Gasteiger partial charge on any atom is -0.448 e. The lowest BCUT2D eigenvalue weighted by Crippen LogP contribution is -2.50. The van der Waals surface area contributed by atoms with Gasteiger partial charge in [-0.2, -0.15) is 0 Å². The minimum absolute atomic E-state index is 0.0595. The summed E-state index contributed by atoms with van der Waals surface area (Å²) in [5, 5.41) is 1.49. The van der Waals surface area contributed by atoms with Gasteiger partial charge in [0.2, 0.25) is 11.5 Å². The number of halogens is 1. The second-order valence-electron chi connectivity index (χ2n) is 7.30. The number of rotatable bonds is 3. The number of furan rings is 1. The van der Waals surface area contributed by atoms with E-state index in [9.17, 15) is 9.59 Å². The van der Waals surface area contributed by atoms with Gasteiger partial charge in [-0.05, 0) is 30.3 Å². The predicted octanol–water partition coefficient (Wildman–Crippen LogP) is 3.14. The third-order valence-corrected chi connectivity index (χ3v) is 5.70. The molecule has 2 aromatic carbocycles. The average molecular weight is 423 g/mol. The molecule has 30 heavy (non-hydrogen) atoms. The van der Waals surface area contributed by atoms with Crippen LogP contribution in [0.2, 0.25) is 5.02 Å². The van der Waals surface area contributed by atoms with Crippen molar-refractivity contribution in [3.63, 3.8) is 0 Å². The molecule has 1 amide bonds. The van der Waals surface area contributed by atoms with Crippen LogP contribution in [0, 0.1) is 0 Å². The maximum Gasteiger partial charge on any atom is 0.297 e. The summed E-state index contributed by atoms with van der Waals surface area (Å²) in [6, 6.07) is 15.1. The maximum absolute atomic E-state index is 12.8. The van der Waals surface area contributed by atoms with Crippen molar-refractivity contribution in [2.75, 3.05) is 31.1 Å². The van der Waals surface area contributed by atoms with Crippen LogP contribution in [0.15, 0.2) is 64.1 Å². The van der Waals surface area contributed by atoms with E-state index in [1.807, 2.05) is 42.5 Å². The fraction of sp³-hybridized carbons (Fsp3) is 0.227. The SMILES string of the molecule is O=C(Cn1cnc2c(oc3ccccc32)c1=O)N1CCN(c2cccc(Cl)c2)CC1. The van der Waals surface area contributed by atoms with Gasteiger partial charge in [0.05, 0.1) is 6.33 Å². The summed E-state index contributed by atoms with van der Waals surface area (Å²) in [4.78, 5) is 34.0. The molecule has 5 rings (SSSR count). The van der Waals surface area contributed by atoms with Gasteiger partial charge in [0, 0.05) is 42.3 Å². The van der Waals surface area contributed by atoms with Gasteiger partial charge in [0.25, 0.3) is 5.56 Å². The lowest BCUT2D eigenvalue weighted by atomic mass is 10.2. The summed E-state index contributed by atoms with van der Waals surface area (Å²) in [6.07, 6.45) is 1.42. The molecule has 0 unspecified atom stereocenters. The Morgan fingerprint density at radius 1 is 1.07 bits per heavy atom. The zero-order chi connectivity index (χ0) is 20.7. The van der Waals surface area contributed by atoms with E-state index in [1.54, 1.807) is 11.0 Å². The Labute approximate surface area is 177 Å². The second-order valence-corrected chi connectivity index (χ2v) is 7.74. The van der Waals surface area contributed by atoms with Gasteiger partial charge in [-0.15, -0.1) is 0 Å². The van der Waals surface area contributed by atoms with Crippen LogP contribution in [0.3, 0.4) is 0 Å². The van der Waals surface area contributed by atoms with E-state index in [2.05, 4.69) is 9.88 Å². The van der Waals surface area contributed by atoms with Crippen molar-refractivity contribution in [1.82, 2.24) is 14.5 Å². The molecular weight excluding hydrogens is 404 g/mol. The van der Waals surface area contributed by atoms with E-state index in [4.69, 9.17) is 16.0 Å². The summed E-state index contributed by atoms with van der Waals surface area (Å²) < 4.78 is 7.00. The van der Waals surface area contributed by atoms with E-state index in [0.717, 1.165) is 11.1 Å². The number of carbonyl (C=O) groups excluding carboxylic acids is 1. The van der Waals surface area contributed by atoms with Gasteiger partial charge >= 0.3 is 0 Å². The first-order valence-corrected chi connectivity index (χ1v) is 10.1. The first kappa shape index (κ1) is 18.7. The number of hydrogen-bond donors (Lipinski definition) is 0. The van der Waals surface area contributed by atoms with E-state index in [1.165, 1.54) is 10.9 Å². The van der Waals surface area contributed by atoms with Crippen LogP contribution in [0.4, 0.5) is 5.69 Å².